The van der Waals surface area contributed by atoms with Gasteiger partial charge >= 0.3 is 0 Å². The van der Waals surface area contributed by atoms with Crippen molar-refractivity contribution in [1.29, 1.82) is 0 Å². The summed E-state index contributed by atoms with van der Waals surface area (Å²) in [5, 5.41) is 3.01. The molecule has 3 nitrogen and oxygen atoms in total. The van der Waals surface area contributed by atoms with Gasteiger partial charge in [0.15, 0.2) is 0 Å². The Hall–Kier alpha value is -0.900. The molecule has 1 heterocycles. The van der Waals surface area contributed by atoms with Crippen molar-refractivity contribution in [2.24, 2.45) is 5.92 Å². The van der Waals surface area contributed by atoms with Gasteiger partial charge in [-0.05, 0) is 25.0 Å². The Morgan fingerprint density at radius 3 is 3.00 bits per heavy atom. The molecule has 1 aliphatic carbocycles. The summed E-state index contributed by atoms with van der Waals surface area (Å²) in [6, 6.07) is 3.88. The number of amides is 1. The van der Waals surface area contributed by atoms with Crippen molar-refractivity contribution in [2.75, 3.05) is 12.3 Å². The van der Waals surface area contributed by atoms with Gasteiger partial charge < -0.3 is 9.73 Å². The van der Waals surface area contributed by atoms with Crippen molar-refractivity contribution in [3.63, 3.8) is 0 Å². The van der Waals surface area contributed by atoms with Gasteiger partial charge in [0.2, 0.25) is 5.91 Å². The van der Waals surface area contributed by atoms with Crippen LogP contribution in [0.4, 0.5) is 0 Å². The Labute approximate surface area is 106 Å². The maximum atomic E-state index is 11.7. The normalized spacial score (nSPS) is 16.2. The molecule has 0 unspecified atom stereocenters. The van der Waals surface area contributed by atoms with Crippen LogP contribution in [0.2, 0.25) is 0 Å². The second kappa shape index (κ2) is 6.74. The van der Waals surface area contributed by atoms with E-state index in [9.17, 15) is 4.79 Å². The second-order valence-corrected chi connectivity index (χ2v) is 5.51. The van der Waals surface area contributed by atoms with E-state index in [1.807, 2.05) is 12.1 Å². The number of furan rings is 1. The Bertz CT molecular complexity index is 331. The second-order valence-electron chi connectivity index (χ2n) is 4.40. The molecule has 1 aromatic rings. The van der Waals surface area contributed by atoms with Crippen LogP contribution in [0, 0.1) is 5.92 Å². The molecule has 1 fully saturated rings. The lowest BCUT2D eigenvalue weighted by Gasteiger charge is -2.09. The highest BCUT2D eigenvalue weighted by molar-refractivity contribution is 7.98. The van der Waals surface area contributed by atoms with Gasteiger partial charge in [-0.2, -0.15) is 11.8 Å². The van der Waals surface area contributed by atoms with Gasteiger partial charge in [0.1, 0.15) is 5.76 Å². The molecule has 0 atom stereocenters. The molecule has 4 heteroatoms. The van der Waals surface area contributed by atoms with E-state index in [4.69, 9.17) is 4.42 Å². The molecule has 94 valence electrons. The summed E-state index contributed by atoms with van der Waals surface area (Å²) in [6.45, 7) is 0.765. The van der Waals surface area contributed by atoms with Crippen LogP contribution in [0.15, 0.2) is 22.8 Å². The van der Waals surface area contributed by atoms with Crippen molar-refractivity contribution in [1.82, 2.24) is 5.32 Å². The van der Waals surface area contributed by atoms with Gasteiger partial charge in [0, 0.05) is 18.2 Å². The minimum absolute atomic E-state index is 0.251. The summed E-state index contributed by atoms with van der Waals surface area (Å²) in [7, 11) is 0. The molecule has 17 heavy (non-hydrogen) atoms. The quantitative estimate of drug-likeness (QED) is 0.793. The maximum Gasteiger partial charge on any atom is 0.223 e. The van der Waals surface area contributed by atoms with E-state index in [-0.39, 0.29) is 11.8 Å². The number of nitrogens with one attached hydrogen (secondary N) is 1. The zero-order valence-corrected chi connectivity index (χ0v) is 10.8. The summed E-state index contributed by atoms with van der Waals surface area (Å²) < 4.78 is 5.23. The van der Waals surface area contributed by atoms with Crippen LogP contribution < -0.4 is 5.32 Å². The van der Waals surface area contributed by atoms with Crippen molar-refractivity contribution < 1.29 is 9.21 Å². The van der Waals surface area contributed by atoms with Gasteiger partial charge in [-0.1, -0.05) is 12.8 Å². The number of hydrogen-bond donors (Lipinski definition) is 1. The minimum atomic E-state index is 0.251. The molecule has 0 saturated heterocycles. The summed E-state index contributed by atoms with van der Waals surface area (Å²) in [6.07, 6.45) is 6.27. The predicted octanol–water partition coefficient (Wildman–Crippen LogP) is 2.82. The Morgan fingerprint density at radius 2 is 2.29 bits per heavy atom. The zero-order valence-electron chi connectivity index (χ0n) is 9.98. The van der Waals surface area contributed by atoms with E-state index >= 15 is 0 Å². The smallest absolute Gasteiger partial charge is 0.223 e. The number of thioether (sulfide) groups is 1. The molecule has 0 radical (unpaired) electrons. The highest BCUT2D eigenvalue weighted by Crippen LogP contribution is 2.24. The molecule has 1 amide bonds. The third kappa shape index (κ3) is 4.11. The number of rotatable bonds is 6. The summed E-state index contributed by atoms with van der Waals surface area (Å²) in [5.74, 6) is 3.36. The Kier molecular flexibility index (Phi) is 4.98. The van der Waals surface area contributed by atoms with Crippen LogP contribution >= 0.6 is 11.8 Å². The first-order valence-electron chi connectivity index (χ1n) is 6.24. The first-order valence-corrected chi connectivity index (χ1v) is 7.39. The van der Waals surface area contributed by atoms with Crippen LogP contribution in [-0.2, 0) is 10.5 Å². The van der Waals surface area contributed by atoms with Gasteiger partial charge in [0.05, 0.1) is 12.0 Å². The maximum absolute atomic E-state index is 11.7. The van der Waals surface area contributed by atoms with E-state index in [1.165, 1.54) is 12.8 Å². The SMILES string of the molecule is O=C(NCCSCc1ccco1)C1CCCC1. The van der Waals surface area contributed by atoms with Crippen molar-refractivity contribution in [3.05, 3.63) is 24.2 Å². The third-order valence-corrected chi connectivity index (χ3v) is 4.08. The van der Waals surface area contributed by atoms with Gasteiger partial charge in [-0.15, -0.1) is 0 Å². The van der Waals surface area contributed by atoms with Crippen LogP contribution in [0.1, 0.15) is 31.4 Å². The lowest BCUT2D eigenvalue weighted by molar-refractivity contribution is -0.124. The van der Waals surface area contributed by atoms with Crippen molar-refractivity contribution in [3.8, 4) is 0 Å². The fourth-order valence-corrected chi connectivity index (χ4v) is 2.90. The molecule has 1 saturated carbocycles. The average Bonchev–Trinajstić information content (AvgIpc) is 3.01. The largest absolute Gasteiger partial charge is 0.468 e. The van der Waals surface area contributed by atoms with Crippen molar-refractivity contribution in [2.45, 2.75) is 31.4 Å². The van der Waals surface area contributed by atoms with Crippen LogP contribution in [0.3, 0.4) is 0 Å². The van der Waals surface area contributed by atoms with Crippen LogP contribution in [-0.4, -0.2) is 18.2 Å². The zero-order chi connectivity index (χ0) is 11.9. The molecule has 2 rings (SSSR count). The van der Waals surface area contributed by atoms with Crippen LogP contribution in [0.5, 0.6) is 0 Å². The molecular weight excluding hydrogens is 234 g/mol. The van der Waals surface area contributed by atoms with Gasteiger partial charge in [-0.3, -0.25) is 4.79 Å². The minimum Gasteiger partial charge on any atom is -0.468 e. The molecular formula is C13H19NO2S. The highest BCUT2D eigenvalue weighted by atomic mass is 32.2. The predicted molar refractivity (Wildman–Crippen MR) is 69.8 cm³/mol. The lowest BCUT2D eigenvalue weighted by Crippen LogP contribution is -2.31. The monoisotopic (exact) mass is 253 g/mol. The molecule has 1 aromatic heterocycles. The fourth-order valence-electron chi connectivity index (χ4n) is 2.15. The van der Waals surface area contributed by atoms with E-state index < -0.39 is 0 Å². The summed E-state index contributed by atoms with van der Waals surface area (Å²) >= 11 is 1.79. The van der Waals surface area contributed by atoms with E-state index in [2.05, 4.69) is 5.32 Å². The molecule has 0 aromatic carbocycles. The average molecular weight is 253 g/mol. The van der Waals surface area contributed by atoms with E-state index in [0.717, 1.165) is 36.7 Å². The summed E-state index contributed by atoms with van der Waals surface area (Å²) in [5.41, 5.74) is 0. The molecule has 1 aliphatic rings. The molecule has 0 aliphatic heterocycles. The Morgan fingerprint density at radius 1 is 1.47 bits per heavy atom. The van der Waals surface area contributed by atoms with Crippen molar-refractivity contribution >= 4 is 17.7 Å². The summed E-state index contributed by atoms with van der Waals surface area (Å²) in [4.78, 5) is 11.7. The number of carbonyl (C=O) groups excluding carboxylic acids is 1. The van der Waals surface area contributed by atoms with Gasteiger partial charge in [0.25, 0.3) is 0 Å². The van der Waals surface area contributed by atoms with Gasteiger partial charge in [-0.25, -0.2) is 0 Å². The number of carbonyl (C=O) groups is 1. The standard InChI is InChI=1S/C13H19NO2S/c15-13(11-4-1-2-5-11)14-7-9-17-10-12-6-3-8-16-12/h3,6,8,11H,1-2,4-5,7,9-10H2,(H,14,15). The molecule has 0 spiro atoms. The topological polar surface area (TPSA) is 42.2 Å². The first kappa shape index (κ1) is 12.6. The third-order valence-electron chi connectivity index (χ3n) is 3.10. The van der Waals surface area contributed by atoms with E-state index in [1.54, 1.807) is 18.0 Å². The highest BCUT2D eigenvalue weighted by Gasteiger charge is 2.21. The molecule has 1 N–H and O–H groups in total. The van der Waals surface area contributed by atoms with E-state index in [0.29, 0.717) is 0 Å². The Balaban J connectivity index is 1.52. The van der Waals surface area contributed by atoms with Crippen LogP contribution in [0.25, 0.3) is 0 Å². The first-order chi connectivity index (χ1) is 8.36. The molecule has 0 bridgehead atoms. The lowest BCUT2D eigenvalue weighted by atomic mass is 10.1. The fraction of sp³-hybridized carbons (Fsp3) is 0.615. The number of hydrogen-bond acceptors (Lipinski definition) is 3.